The van der Waals surface area contributed by atoms with Gasteiger partial charge in [0.15, 0.2) is 0 Å². The summed E-state index contributed by atoms with van der Waals surface area (Å²) in [6.07, 6.45) is 4.42. The number of methoxy groups -OCH3 is 1. The van der Waals surface area contributed by atoms with Gasteiger partial charge in [-0.1, -0.05) is 42.5 Å². The monoisotopic (exact) mass is 358 g/mol. The van der Waals surface area contributed by atoms with Crippen molar-refractivity contribution < 1.29 is 14.3 Å². The van der Waals surface area contributed by atoms with Crippen LogP contribution in [0.3, 0.4) is 0 Å². The minimum Gasteiger partial charge on any atom is -0.459 e. The second-order valence-electron chi connectivity index (χ2n) is 6.57. The van der Waals surface area contributed by atoms with E-state index in [1.165, 1.54) is 12.7 Å². The van der Waals surface area contributed by atoms with E-state index in [2.05, 4.69) is 47.2 Å². The lowest BCUT2D eigenvalue weighted by molar-refractivity contribution is -0.160. The van der Waals surface area contributed by atoms with Gasteiger partial charge in [-0.2, -0.15) is 0 Å². The zero-order chi connectivity index (χ0) is 18.8. The molecule has 2 rings (SSSR count). The molecule has 0 amide bonds. The summed E-state index contributed by atoms with van der Waals surface area (Å²) in [6.45, 7) is 11.8. The Balaban J connectivity index is 2.09. The van der Waals surface area contributed by atoms with E-state index >= 15 is 0 Å². The number of carbonyl (C=O) groups is 1. The van der Waals surface area contributed by atoms with Gasteiger partial charge in [-0.25, -0.2) is 4.79 Å². The number of esters is 1. The maximum absolute atomic E-state index is 11.9. The summed E-state index contributed by atoms with van der Waals surface area (Å²) >= 11 is 0. The first-order chi connectivity index (χ1) is 12.7. The van der Waals surface area contributed by atoms with Gasteiger partial charge in [0.1, 0.15) is 12.7 Å². The minimum atomic E-state index is -0.309. The third-order valence-electron chi connectivity index (χ3n) is 4.59. The van der Waals surface area contributed by atoms with Gasteiger partial charge in [0.2, 0.25) is 0 Å². The normalized spacial score (nSPS) is 20.7. The molecule has 1 aliphatic heterocycles. The Hall–Kier alpha value is -1.95. The number of ether oxygens (including phenoxy) is 2. The third kappa shape index (κ3) is 6.09. The number of nitrogens with zero attached hydrogens (tertiary/aromatic N) is 2. The molecule has 0 N–H and O–H groups in total. The van der Waals surface area contributed by atoms with E-state index in [4.69, 9.17) is 9.47 Å². The molecule has 1 aliphatic rings. The van der Waals surface area contributed by atoms with Crippen LogP contribution in [0.25, 0.3) is 0 Å². The van der Waals surface area contributed by atoms with E-state index in [9.17, 15) is 4.79 Å². The van der Waals surface area contributed by atoms with Crippen molar-refractivity contribution in [1.82, 2.24) is 9.80 Å². The first-order valence-electron chi connectivity index (χ1n) is 9.08. The molecule has 0 bridgehead atoms. The lowest BCUT2D eigenvalue weighted by atomic mass is 9.99. The highest BCUT2D eigenvalue weighted by Gasteiger charge is 2.35. The van der Waals surface area contributed by atoms with Gasteiger partial charge < -0.3 is 9.47 Å². The Morgan fingerprint density at radius 2 is 1.96 bits per heavy atom. The summed E-state index contributed by atoms with van der Waals surface area (Å²) in [6, 6.07) is 10.5. The van der Waals surface area contributed by atoms with Crippen LogP contribution in [-0.2, 0) is 20.8 Å². The van der Waals surface area contributed by atoms with E-state index in [1.807, 2.05) is 18.2 Å². The zero-order valence-electron chi connectivity index (χ0n) is 15.7. The molecule has 2 atom stereocenters. The molecular weight excluding hydrogens is 328 g/mol. The van der Waals surface area contributed by atoms with Crippen LogP contribution in [0.2, 0.25) is 0 Å². The predicted molar refractivity (Wildman–Crippen MR) is 104 cm³/mol. The van der Waals surface area contributed by atoms with Crippen molar-refractivity contribution >= 4 is 5.97 Å². The number of likely N-dealkylation sites (tertiary alicyclic amines) is 1. The summed E-state index contributed by atoms with van der Waals surface area (Å²) < 4.78 is 10.6. The highest BCUT2D eigenvalue weighted by molar-refractivity contribution is 5.70. The quantitative estimate of drug-likeness (QED) is 0.475. The Bertz CT molecular complexity index is 566. The van der Waals surface area contributed by atoms with Crippen LogP contribution in [0.5, 0.6) is 0 Å². The Morgan fingerprint density at radius 1 is 1.27 bits per heavy atom. The molecule has 1 fully saturated rings. The largest absolute Gasteiger partial charge is 0.459 e. The third-order valence-corrected chi connectivity index (χ3v) is 4.59. The topological polar surface area (TPSA) is 42.0 Å². The van der Waals surface area contributed by atoms with Crippen molar-refractivity contribution in [3.63, 3.8) is 0 Å². The van der Waals surface area contributed by atoms with Gasteiger partial charge in [-0.05, 0) is 12.0 Å². The maximum Gasteiger partial charge on any atom is 0.332 e. The average Bonchev–Trinajstić information content (AvgIpc) is 2.64. The summed E-state index contributed by atoms with van der Waals surface area (Å²) in [5, 5.41) is 0. The lowest BCUT2D eigenvalue weighted by Crippen LogP contribution is -2.56. The van der Waals surface area contributed by atoms with Crippen LogP contribution >= 0.6 is 0 Å². The van der Waals surface area contributed by atoms with Crippen molar-refractivity contribution in [3.05, 3.63) is 61.2 Å². The number of hydrogen-bond donors (Lipinski definition) is 0. The molecule has 0 aliphatic carbocycles. The molecule has 0 spiro atoms. The van der Waals surface area contributed by atoms with Crippen LogP contribution in [-0.4, -0.2) is 67.8 Å². The number of piperidine rings is 1. The van der Waals surface area contributed by atoms with Crippen LogP contribution in [0.15, 0.2) is 55.6 Å². The van der Waals surface area contributed by atoms with Crippen molar-refractivity contribution in [2.75, 3.05) is 39.9 Å². The molecule has 142 valence electrons. The van der Waals surface area contributed by atoms with Crippen LogP contribution in [0.4, 0.5) is 0 Å². The number of hydrogen-bond acceptors (Lipinski definition) is 5. The lowest BCUT2D eigenvalue weighted by Gasteiger charge is -2.43. The first kappa shape index (κ1) is 20.4. The smallest absolute Gasteiger partial charge is 0.332 e. The van der Waals surface area contributed by atoms with Gasteiger partial charge in [-0.3, -0.25) is 9.80 Å². The second-order valence-corrected chi connectivity index (χ2v) is 6.57. The summed E-state index contributed by atoms with van der Waals surface area (Å²) in [5.74, 6) is -0.309. The molecule has 0 radical (unpaired) electrons. The zero-order valence-corrected chi connectivity index (χ0v) is 15.7. The summed E-state index contributed by atoms with van der Waals surface area (Å²) in [7, 11) is 1.50. The van der Waals surface area contributed by atoms with Crippen molar-refractivity contribution in [3.8, 4) is 0 Å². The van der Waals surface area contributed by atoms with Crippen LogP contribution < -0.4 is 0 Å². The fraction of sp³-hybridized carbons (Fsp3) is 0.476. The van der Waals surface area contributed by atoms with Gasteiger partial charge in [-0.15, -0.1) is 13.2 Å². The molecule has 26 heavy (non-hydrogen) atoms. The molecule has 1 heterocycles. The molecule has 1 aromatic carbocycles. The number of carbonyl (C=O) groups excluding carboxylic acids is 1. The van der Waals surface area contributed by atoms with Crippen molar-refractivity contribution in [2.45, 2.75) is 25.1 Å². The molecule has 0 unspecified atom stereocenters. The van der Waals surface area contributed by atoms with E-state index in [-0.39, 0.29) is 24.7 Å². The van der Waals surface area contributed by atoms with Crippen molar-refractivity contribution in [1.29, 1.82) is 0 Å². The van der Waals surface area contributed by atoms with E-state index in [0.717, 1.165) is 39.1 Å². The highest BCUT2D eigenvalue weighted by atomic mass is 16.6. The Morgan fingerprint density at radius 3 is 2.58 bits per heavy atom. The van der Waals surface area contributed by atoms with E-state index < -0.39 is 0 Å². The fourth-order valence-electron chi connectivity index (χ4n) is 3.45. The molecule has 1 saturated heterocycles. The Labute approximate surface area is 156 Å². The van der Waals surface area contributed by atoms with Gasteiger partial charge in [0, 0.05) is 39.8 Å². The molecule has 1 aromatic rings. The predicted octanol–water partition coefficient (Wildman–Crippen LogP) is 2.49. The molecule has 5 nitrogen and oxygen atoms in total. The van der Waals surface area contributed by atoms with Crippen LogP contribution in [0, 0.1) is 0 Å². The fourth-order valence-corrected chi connectivity index (χ4v) is 3.45. The van der Waals surface area contributed by atoms with Gasteiger partial charge in [0.25, 0.3) is 0 Å². The van der Waals surface area contributed by atoms with E-state index in [0.29, 0.717) is 0 Å². The Kier molecular flexibility index (Phi) is 8.54. The maximum atomic E-state index is 11.9. The van der Waals surface area contributed by atoms with Gasteiger partial charge in [0.05, 0.1) is 6.04 Å². The van der Waals surface area contributed by atoms with Gasteiger partial charge >= 0.3 is 5.97 Å². The second kappa shape index (κ2) is 10.9. The average molecular weight is 358 g/mol. The molecule has 0 saturated carbocycles. The molecular formula is C21H30N2O3. The number of rotatable bonds is 10. The van der Waals surface area contributed by atoms with Crippen molar-refractivity contribution in [2.24, 2.45) is 0 Å². The summed E-state index contributed by atoms with van der Waals surface area (Å²) in [5.41, 5.74) is 1.29. The highest BCUT2D eigenvalue weighted by Crippen LogP contribution is 2.22. The SMILES string of the molecule is C=CCN(CC=C)[C@@H]1CN(Cc2ccccc2)CC[C@H]1OC(=O)COC. The van der Waals surface area contributed by atoms with Crippen LogP contribution in [0.1, 0.15) is 12.0 Å². The molecule has 5 heteroatoms. The number of benzene rings is 1. The molecule has 0 aromatic heterocycles. The minimum absolute atomic E-state index is 0.0140. The standard InChI is InChI=1S/C21H30N2O3/c1-4-12-23(13-5-2)19-16-22(15-18-9-7-6-8-10-18)14-11-20(19)26-21(24)17-25-3/h4-10,19-20H,1-2,11-17H2,3H3/t19-,20-/m1/s1. The van der Waals surface area contributed by atoms with E-state index in [1.54, 1.807) is 0 Å². The first-order valence-corrected chi connectivity index (χ1v) is 9.08. The summed E-state index contributed by atoms with van der Waals surface area (Å²) in [4.78, 5) is 16.6.